The Morgan fingerprint density at radius 2 is 1.52 bits per heavy atom. The van der Waals surface area contributed by atoms with Crippen molar-refractivity contribution in [1.29, 1.82) is 0 Å². The lowest BCUT2D eigenvalue weighted by atomic mass is 9.82. The van der Waals surface area contributed by atoms with Crippen molar-refractivity contribution in [3.05, 3.63) is 76.4 Å². The molecule has 0 fully saturated rings. The molecular formula is C23H23FO3. The molecule has 3 nitrogen and oxygen atoms in total. The fourth-order valence-corrected chi connectivity index (χ4v) is 4.19. The van der Waals surface area contributed by atoms with Crippen LogP contribution >= 0.6 is 0 Å². The summed E-state index contributed by atoms with van der Waals surface area (Å²) in [4.78, 5) is 26.9. The zero-order valence-electron chi connectivity index (χ0n) is 16.0. The SMILES string of the molecule is CC1(C)CC(C)(C)c2cc(C(=O)C=Cc3ccc(C(=O)OF)cc3)ccc21. The van der Waals surface area contributed by atoms with E-state index < -0.39 is 5.97 Å². The van der Waals surface area contributed by atoms with Gasteiger partial charge in [0.15, 0.2) is 5.78 Å². The van der Waals surface area contributed by atoms with Crippen molar-refractivity contribution < 1.29 is 19.1 Å². The van der Waals surface area contributed by atoms with Crippen molar-refractivity contribution in [1.82, 2.24) is 0 Å². The molecule has 4 heteroatoms. The first-order valence-corrected chi connectivity index (χ1v) is 8.94. The third-order valence-corrected chi connectivity index (χ3v) is 5.29. The van der Waals surface area contributed by atoms with E-state index in [2.05, 4.69) is 38.7 Å². The number of carbonyl (C=O) groups excluding carboxylic acids is 2. The molecule has 27 heavy (non-hydrogen) atoms. The van der Waals surface area contributed by atoms with Gasteiger partial charge >= 0.3 is 5.97 Å². The van der Waals surface area contributed by atoms with E-state index in [-0.39, 0.29) is 22.2 Å². The zero-order chi connectivity index (χ0) is 19.8. The fourth-order valence-electron chi connectivity index (χ4n) is 4.19. The van der Waals surface area contributed by atoms with Gasteiger partial charge in [0.1, 0.15) is 0 Å². The Kier molecular flexibility index (Phi) is 4.77. The van der Waals surface area contributed by atoms with Crippen LogP contribution in [0.3, 0.4) is 0 Å². The largest absolute Gasteiger partial charge is 0.379 e. The number of hydrogen-bond acceptors (Lipinski definition) is 3. The zero-order valence-corrected chi connectivity index (χ0v) is 16.0. The predicted molar refractivity (Wildman–Crippen MR) is 103 cm³/mol. The molecule has 0 saturated heterocycles. The molecule has 140 valence electrons. The van der Waals surface area contributed by atoms with Gasteiger partial charge in [0.25, 0.3) is 0 Å². The van der Waals surface area contributed by atoms with Crippen molar-refractivity contribution in [3.8, 4) is 0 Å². The maximum absolute atomic E-state index is 12.6. The highest BCUT2D eigenvalue weighted by Gasteiger charge is 2.41. The minimum atomic E-state index is -1.04. The summed E-state index contributed by atoms with van der Waals surface area (Å²) in [7, 11) is 0. The molecule has 0 atom stereocenters. The first-order chi connectivity index (χ1) is 12.6. The number of fused-ring (bicyclic) bond motifs is 1. The van der Waals surface area contributed by atoms with Gasteiger partial charge in [0.2, 0.25) is 0 Å². The minimum absolute atomic E-state index is 0.0414. The van der Waals surface area contributed by atoms with Crippen LogP contribution in [-0.4, -0.2) is 11.8 Å². The van der Waals surface area contributed by atoms with Crippen molar-refractivity contribution in [2.45, 2.75) is 44.9 Å². The summed E-state index contributed by atoms with van der Waals surface area (Å²) in [6.45, 7) is 8.91. The first kappa shape index (κ1) is 19.0. The van der Waals surface area contributed by atoms with Crippen molar-refractivity contribution in [2.75, 3.05) is 0 Å². The van der Waals surface area contributed by atoms with Gasteiger partial charge in [-0.05, 0) is 58.2 Å². The number of benzene rings is 2. The lowest BCUT2D eigenvalue weighted by molar-refractivity contribution is -0.0788. The molecule has 0 unspecified atom stereocenters. The second kappa shape index (κ2) is 6.76. The maximum atomic E-state index is 12.6. The lowest BCUT2D eigenvalue weighted by Gasteiger charge is -2.22. The Morgan fingerprint density at radius 3 is 2.15 bits per heavy atom. The number of rotatable bonds is 4. The van der Waals surface area contributed by atoms with Crippen LogP contribution in [-0.2, 0) is 15.8 Å². The van der Waals surface area contributed by atoms with E-state index in [4.69, 9.17) is 0 Å². The summed E-state index contributed by atoms with van der Waals surface area (Å²) >= 11 is 0. The molecular weight excluding hydrogens is 343 g/mol. The van der Waals surface area contributed by atoms with Crippen LogP contribution in [0.5, 0.6) is 0 Å². The summed E-state index contributed by atoms with van der Waals surface area (Å²) in [6, 6.07) is 12.1. The van der Waals surface area contributed by atoms with Crippen LogP contribution in [0.4, 0.5) is 4.53 Å². The van der Waals surface area contributed by atoms with Gasteiger partial charge < -0.3 is 0 Å². The van der Waals surface area contributed by atoms with E-state index >= 15 is 0 Å². The normalized spacial score (nSPS) is 16.9. The molecule has 2 aromatic rings. The number of carbonyl (C=O) groups is 2. The third kappa shape index (κ3) is 3.70. The molecule has 1 aliphatic rings. The summed E-state index contributed by atoms with van der Waals surface area (Å²) in [5, 5.41) is 0. The highest BCUT2D eigenvalue weighted by Crippen LogP contribution is 2.49. The van der Waals surface area contributed by atoms with Gasteiger partial charge in [-0.1, -0.05) is 58.0 Å². The standard InChI is InChI=1S/C23H23FO3/c1-22(2)14-23(3,4)19-13-17(10-11-18(19)22)20(25)12-7-15-5-8-16(9-6-15)21(26)27-24/h5-13H,14H2,1-4H3. The monoisotopic (exact) mass is 366 g/mol. The number of halogens is 1. The summed E-state index contributed by atoms with van der Waals surface area (Å²) in [6.07, 6.45) is 4.24. The topological polar surface area (TPSA) is 43.4 Å². The second-order valence-corrected chi connectivity index (χ2v) is 8.39. The molecule has 2 aromatic carbocycles. The van der Waals surface area contributed by atoms with Crippen LogP contribution in [0.2, 0.25) is 0 Å². The minimum Gasteiger partial charge on any atom is -0.289 e. The van der Waals surface area contributed by atoms with Crippen molar-refractivity contribution in [3.63, 3.8) is 0 Å². The van der Waals surface area contributed by atoms with E-state index in [9.17, 15) is 14.1 Å². The molecule has 1 aliphatic carbocycles. The molecule has 0 amide bonds. The van der Waals surface area contributed by atoms with E-state index in [0.717, 1.165) is 12.0 Å². The Hall–Kier alpha value is -2.75. The first-order valence-electron chi connectivity index (χ1n) is 8.94. The predicted octanol–water partition coefficient (Wildman–Crippen LogP) is 5.58. The molecule has 0 spiro atoms. The molecule has 0 N–H and O–H groups in total. The van der Waals surface area contributed by atoms with Crippen molar-refractivity contribution in [2.24, 2.45) is 0 Å². The second-order valence-electron chi connectivity index (χ2n) is 8.39. The Morgan fingerprint density at radius 1 is 0.926 bits per heavy atom. The molecule has 0 aromatic heterocycles. The molecule has 0 bridgehead atoms. The molecule has 0 radical (unpaired) electrons. The van der Waals surface area contributed by atoms with Gasteiger partial charge in [-0.3, -0.25) is 4.79 Å². The van der Waals surface area contributed by atoms with Gasteiger partial charge in [-0.15, -0.1) is 0 Å². The molecule has 0 aliphatic heterocycles. The van der Waals surface area contributed by atoms with E-state index in [1.54, 1.807) is 18.2 Å². The summed E-state index contributed by atoms with van der Waals surface area (Å²) < 4.78 is 11.9. The summed E-state index contributed by atoms with van der Waals surface area (Å²) in [5.74, 6) is -1.11. The van der Waals surface area contributed by atoms with Gasteiger partial charge in [-0.2, -0.15) is 0 Å². The molecule has 0 heterocycles. The lowest BCUT2D eigenvalue weighted by Crippen LogP contribution is -2.18. The Labute approximate surface area is 158 Å². The average Bonchev–Trinajstić information content (AvgIpc) is 2.83. The molecule has 3 rings (SSSR count). The number of ketones is 1. The fraction of sp³-hybridized carbons (Fsp3) is 0.304. The van der Waals surface area contributed by atoms with Crippen LogP contribution in [0.15, 0.2) is 48.5 Å². The van der Waals surface area contributed by atoms with Crippen molar-refractivity contribution >= 4 is 17.8 Å². The highest BCUT2D eigenvalue weighted by molar-refractivity contribution is 6.07. The Balaban J connectivity index is 1.81. The van der Waals surface area contributed by atoms with Crippen LogP contribution in [0.1, 0.15) is 71.5 Å². The number of allylic oxidation sites excluding steroid dienone is 1. The van der Waals surface area contributed by atoms with E-state index in [0.29, 0.717) is 5.56 Å². The van der Waals surface area contributed by atoms with Crippen LogP contribution in [0, 0.1) is 0 Å². The van der Waals surface area contributed by atoms with Gasteiger partial charge in [0.05, 0.1) is 5.56 Å². The maximum Gasteiger partial charge on any atom is 0.379 e. The average molecular weight is 366 g/mol. The highest BCUT2D eigenvalue weighted by atomic mass is 19.3. The van der Waals surface area contributed by atoms with E-state index in [1.807, 2.05) is 12.1 Å². The smallest absolute Gasteiger partial charge is 0.289 e. The molecule has 0 saturated carbocycles. The van der Waals surface area contributed by atoms with Gasteiger partial charge in [0, 0.05) is 10.1 Å². The van der Waals surface area contributed by atoms with Crippen LogP contribution < -0.4 is 0 Å². The third-order valence-electron chi connectivity index (χ3n) is 5.29. The Bertz CT molecular complexity index is 921. The van der Waals surface area contributed by atoms with Crippen LogP contribution in [0.25, 0.3) is 6.08 Å². The quantitative estimate of drug-likeness (QED) is 0.524. The van der Waals surface area contributed by atoms with E-state index in [1.165, 1.54) is 29.3 Å². The summed E-state index contributed by atoms with van der Waals surface area (Å²) in [5.41, 5.74) is 4.21. The van der Waals surface area contributed by atoms with Gasteiger partial charge in [-0.25, -0.2) is 9.74 Å². The number of hydrogen-bond donors (Lipinski definition) is 0.